The predicted octanol–water partition coefficient (Wildman–Crippen LogP) is 1.18. The zero-order valence-corrected chi connectivity index (χ0v) is 9.86. The van der Waals surface area contributed by atoms with Crippen LogP contribution in [0.25, 0.3) is 0 Å². The largest absolute Gasteiger partial charge is 0.497 e. The van der Waals surface area contributed by atoms with Gasteiger partial charge in [0.1, 0.15) is 5.75 Å². The number of hydrogen-bond acceptors (Lipinski definition) is 3. The van der Waals surface area contributed by atoms with E-state index in [1.165, 1.54) is 11.1 Å². The zero-order chi connectivity index (χ0) is 10.2. The van der Waals surface area contributed by atoms with Gasteiger partial charge in [0.2, 0.25) is 0 Å². The summed E-state index contributed by atoms with van der Waals surface area (Å²) in [5.41, 5.74) is 8.46. The molecule has 1 fully saturated rings. The van der Waals surface area contributed by atoms with E-state index in [1.807, 2.05) is 12.1 Å². The van der Waals surface area contributed by atoms with Crippen LogP contribution in [0.3, 0.4) is 0 Å². The monoisotopic (exact) mass is 228 g/mol. The van der Waals surface area contributed by atoms with Gasteiger partial charge in [-0.05, 0) is 30.2 Å². The van der Waals surface area contributed by atoms with Crippen LogP contribution in [0.5, 0.6) is 5.75 Å². The van der Waals surface area contributed by atoms with Crippen LogP contribution in [0.15, 0.2) is 18.2 Å². The Morgan fingerprint density at radius 3 is 2.47 bits per heavy atom. The Labute approximate surface area is 96.4 Å². The molecule has 0 aromatic heterocycles. The van der Waals surface area contributed by atoms with Crippen LogP contribution in [-0.2, 0) is 5.54 Å². The van der Waals surface area contributed by atoms with Gasteiger partial charge in [-0.1, -0.05) is 6.07 Å². The van der Waals surface area contributed by atoms with Gasteiger partial charge in [0.15, 0.2) is 0 Å². The molecule has 3 nitrogen and oxygen atoms in total. The number of ether oxygens (including phenoxy) is 1. The number of methoxy groups -OCH3 is 1. The molecule has 1 heterocycles. The first-order valence-corrected chi connectivity index (χ1v) is 4.80. The summed E-state index contributed by atoms with van der Waals surface area (Å²) in [6.45, 7) is 3.80. The van der Waals surface area contributed by atoms with E-state index in [0.717, 1.165) is 18.8 Å². The first-order chi connectivity index (χ1) is 6.65. The molecule has 3 N–H and O–H groups in total. The number of halogens is 1. The Hall–Kier alpha value is -0.770. The summed E-state index contributed by atoms with van der Waals surface area (Å²) in [6.07, 6.45) is 0. The molecular weight excluding hydrogens is 212 g/mol. The molecule has 4 heteroatoms. The van der Waals surface area contributed by atoms with Crippen molar-refractivity contribution in [2.75, 3.05) is 20.2 Å². The van der Waals surface area contributed by atoms with E-state index in [4.69, 9.17) is 10.5 Å². The maximum atomic E-state index is 6.21. The Morgan fingerprint density at radius 2 is 2.07 bits per heavy atom. The van der Waals surface area contributed by atoms with Gasteiger partial charge >= 0.3 is 0 Å². The quantitative estimate of drug-likeness (QED) is 0.799. The molecule has 0 atom stereocenters. The molecular formula is C11H17ClN2O. The molecule has 15 heavy (non-hydrogen) atoms. The molecule has 0 aliphatic carbocycles. The van der Waals surface area contributed by atoms with E-state index in [9.17, 15) is 0 Å². The van der Waals surface area contributed by atoms with Crippen molar-refractivity contribution in [2.24, 2.45) is 5.73 Å². The van der Waals surface area contributed by atoms with Crippen molar-refractivity contribution in [3.63, 3.8) is 0 Å². The maximum absolute atomic E-state index is 6.21. The lowest BCUT2D eigenvalue weighted by Crippen LogP contribution is -2.63. The highest BCUT2D eigenvalue weighted by atomic mass is 35.5. The summed E-state index contributed by atoms with van der Waals surface area (Å²) in [5.74, 6) is 0.891. The lowest BCUT2D eigenvalue weighted by atomic mass is 9.83. The molecule has 1 aromatic carbocycles. The van der Waals surface area contributed by atoms with Crippen LogP contribution < -0.4 is 15.8 Å². The minimum atomic E-state index is -0.170. The molecule has 1 aliphatic rings. The molecule has 2 rings (SSSR count). The zero-order valence-electron chi connectivity index (χ0n) is 9.04. The minimum absolute atomic E-state index is 0. The molecule has 1 aromatic rings. The van der Waals surface area contributed by atoms with E-state index in [1.54, 1.807) is 7.11 Å². The van der Waals surface area contributed by atoms with E-state index in [-0.39, 0.29) is 17.9 Å². The van der Waals surface area contributed by atoms with E-state index < -0.39 is 0 Å². The fourth-order valence-electron chi connectivity index (χ4n) is 1.91. The van der Waals surface area contributed by atoms with Gasteiger partial charge in [-0.2, -0.15) is 0 Å². The van der Waals surface area contributed by atoms with Gasteiger partial charge < -0.3 is 15.8 Å². The number of rotatable bonds is 2. The van der Waals surface area contributed by atoms with E-state index in [0.29, 0.717) is 0 Å². The number of nitrogens with two attached hydrogens (primary N) is 1. The summed E-state index contributed by atoms with van der Waals surface area (Å²) in [7, 11) is 1.68. The fourth-order valence-corrected chi connectivity index (χ4v) is 1.91. The third-order valence-corrected chi connectivity index (χ3v) is 2.85. The number of nitrogens with one attached hydrogen (secondary N) is 1. The first kappa shape index (κ1) is 12.3. The molecule has 0 spiro atoms. The van der Waals surface area contributed by atoms with Gasteiger partial charge in [-0.15, -0.1) is 12.4 Å². The molecule has 1 aliphatic heterocycles. The van der Waals surface area contributed by atoms with Gasteiger partial charge in [-0.25, -0.2) is 0 Å². The first-order valence-electron chi connectivity index (χ1n) is 4.80. The summed E-state index contributed by atoms with van der Waals surface area (Å²) >= 11 is 0. The van der Waals surface area contributed by atoms with E-state index >= 15 is 0 Å². The molecule has 0 radical (unpaired) electrons. The van der Waals surface area contributed by atoms with Crippen molar-refractivity contribution in [2.45, 2.75) is 12.5 Å². The summed E-state index contributed by atoms with van der Waals surface area (Å²) < 4.78 is 5.16. The fraction of sp³-hybridized carbons (Fsp3) is 0.455. The van der Waals surface area contributed by atoms with Gasteiger partial charge in [-0.3, -0.25) is 0 Å². The number of benzene rings is 1. The number of hydrogen-bond donors (Lipinski definition) is 2. The van der Waals surface area contributed by atoms with E-state index in [2.05, 4.69) is 18.3 Å². The van der Waals surface area contributed by atoms with Crippen LogP contribution >= 0.6 is 12.4 Å². The standard InChI is InChI=1S/C11H16N2O.ClH/c1-8-5-9(14-2)3-4-10(8)11(12)6-13-7-11;/h3-5,13H,6-7,12H2,1-2H3;1H. The van der Waals surface area contributed by atoms with Crippen molar-refractivity contribution in [3.8, 4) is 5.75 Å². The molecule has 0 bridgehead atoms. The molecule has 84 valence electrons. The van der Waals surface area contributed by atoms with Crippen LogP contribution in [-0.4, -0.2) is 20.2 Å². The predicted molar refractivity (Wildman–Crippen MR) is 63.7 cm³/mol. The van der Waals surface area contributed by atoms with Gasteiger partial charge in [0.05, 0.1) is 12.6 Å². The third kappa shape index (κ3) is 2.09. The van der Waals surface area contributed by atoms with Crippen LogP contribution in [0.4, 0.5) is 0 Å². The smallest absolute Gasteiger partial charge is 0.119 e. The lowest BCUT2D eigenvalue weighted by Gasteiger charge is -2.40. The van der Waals surface area contributed by atoms with Crippen molar-refractivity contribution in [3.05, 3.63) is 29.3 Å². The molecule has 0 saturated carbocycles. The highest BCUT2D eigenvalue weighted by Gasteiger charge is 2.35. The Morgan fingerprint density at radius 1 is 1.40 bits per heavy atom. The Kier molecular flexibility index (Phi) is 3.60. The van der Waals surface area contributed by atoms with Crippen LogP contribution in [0, 0.1) is 6.92 Å². The minimum Gasteiger partial charge on any atom is -0.497 e. The molecule has 1 saturated heterocycles. The third-order valence-electron chi connectivity index (χ3n) is 2.85. The highest BCUT2D eigenvalue weighted by molar-refractivity contribution is 5.85. The summed E-state index contributed by atoms with van der Waals surface area (Å²) in [4.78, 5) is 0. The second-order valence-corrected chi connectivity index (χ2v) is 3.94. The Balaban J connectivity index is 0.00000112. The van der Waals surface area contributed by atoms with Crippen molar-refractivity contribution < 1.29 is 4.74 Å². The number of aryl methyl sites for hydroxylation is 1. The van der Waals surface area contributed by atoms with Crippen molar-refractivity contribution >= 4 is 12.4 Å². The topological polar surface area (TPSA) is 47.3 Å². The van der Waals surface area contributed by atoms with Crippen LogP contribution in [0.1, 0.15) is 11.1 Å². The average Bonchev–Trinajstić information content (AvgIpc) is 2.14. The van der Waals surface area contributed by atoms with Crippen molar-refractivity contribution in [1.82, 2.24) is 5.32 Å². The second-order valence-electron chi connectivity index (χ2n) is 3.94. The normalized spacial score (nSPS) is 17.5. The highest BCUT2D eigenvalue weighted by Crippen LogP contribution is 2.28. The second kappa shape index (κ2) is 4.39. The van der Waals surface area contributed by atoms with Gasteiger partial charge in [0.25, 0.3) is 0 Å². The summed E-state index contributed by atoms with van der Waals surface area (Å²) in [5, 5.41) is 3.20. The van der Waals surface area contributed by atoms with Crippen molar-refractivity contribution in [1.29, 1.82) is 0 Å². The van der Waals surface area contributed by atoms with Gasteiger partial charge in [0, 0.05) is 13.1 Å². The average molecular weight is 229 g/mol. The Bertz CT molecular complexity index is 350. The molecule has 0 unspecified atom stereocenters. The summed E-state index contributed by atoms with van der Waals surface area (Å²) in [6, 6.07) is 6.06. The molecule has 0 amide bonds. The SMILES string of the molecule is COc1ccc(C2(N)CNC2)c(C)c1.Cl. The maximum Gasteiger partial charge on any atom is 0.119 e. The van der Waals surface area contributed by atoms with Crippen LogP contribution in [0.2, 0.25) is 0 Å². The lowest BCUT2D eigenvalue weighted by molar-refractivity contribution is 0.285.